The van der Waals surface area contributed by atoms with Crippen LogP contribution >= 0.6 is 0 Å². The minimum atomic E-state index is 0.0133. The summed E-state index contributed by atoms with van der Waals surface area (Å²) >= 11 is 0. The molecule has 1 saturated heterocycles. The van der Waals surface area contributed by atoms with Gasteiger partial charge in [-0.15, -0.1) is 0 Å². The molecule has 1 aliphatic heterocycles. The van der Waals surface area contributed by atoms with Crippen molar-refractivity contribution in [3.8, 4) is 0 Å². The monoisotopic (exact) mass is 249 g/mol. The summed E-state index contributed by atoms with van der Waals surface area (Å²) in [5.74, 6) is 0.640. The largest absolute Gasteiger partial charge is 0.381 e. The van der Waals surface area contributed by atoms with Gasteiger partial charge in [-0.05, 0) is 25.0 Å². The summed E-state index contributed by atoms with van der Waals surface area (Å²) < 4.78 is 5.32. The van der Waals surface area contributed by atoms with Gasteiger partial charge in [-0.25, -0.2) is 4.98 Å². The molecule has 5 nitrogen and oxygen atoms in total. The van der Waals surface area contributed by atoms with Crippen LogP contribution in [0.5, 0.6) is 0 Å². The Morgan fingerprint density at radius 1 is 1.50 bits per heavy atom. The first-order valence-corrected chi connectivity index (χ1v) is 6.21. The van der Waals surface area contributed by atoms with E-state index >= 15 is 0 Å². The summed E-state index contributed by atoms with van der Waals surface area (Å²) in [6.45, 7) is 1.46. The molecule has 5 heteroatoms. The van der Waals surface area contributed by atoms with Crippen LogP contribution in [-0.2, 0) is 4.74 Å². The average molecular weight is 249 g/mol. The molecule has 2 rings (SSSR count). The highest BCUT2D eigenvalue weighted by Gasteiger charge is 2.24. The van der Waals surface area contributed by atoms with Crippen LogP contribution in [0.25, 0.3) is 0 Å². The van der Waals surface area contributed by atoms with E-state index in [1.54, 1.807) is 30.3 Å². The Balaban J connectivity index is 2.14. The molecule has 0 spiro atoms. The van der Waals surface area contributed by atoms with Crippen molar-refractivity contribution in [2.45, 2.75) is 18.9 Å². The van der Waals surface area contributed by atoms with Gasteiger partial charge in [0.05, 0.1) is 5.56 Å². The Hall–Kier alpha value is -1.62. The third-order valence-electron chi connectivity index (χ3n) is 3.33. The summed E-state index contributed by atoms with van der Waals surface area (Å²) in [7, 11) is 3.62. The highest BCUT2D eigenvalue weighted by atomic mass is 16.5. The van der Waals surface area contributed by atoms with E-state index in [0.717, 1.165) is 26.1 Å². The predicted molar refractivity (Wildman–Crippen MR) is 69.7 cm³/mol. The van der Waals surface area contributed by atoms with Crippen LogP contribution in [0.3, 0.4) is 0 Å². The molecule has 1 aliphatic rings. The van der Waals surface area contributed by atoms with Gasteiger partial charge in [0.25, 0.3) is 5.91 Å². The van der Waals surface area contributed by atoms with Gasteiger partial charge in [0.2, 0.25) is 0 Å². The summed E-state index contributed by atoms with van der Waals surface area (Å²) in [5, 5.41) is 2.95. The first kappa shape index (κ1) is 12.8. The molecule has 18 heavy (non-hydrogen) atoms. The highest BCUT2D eigenvalue weighted by Crippen LogP contribution is 2.18. The fourth-order valence-corrected chi connectivity index (χ4v) is 2.21. The zero-order valence-electron chi connectivity index (χ0n) is 10.8. The molecule has 1 aromatic heterocycles. The molecule has 1 N–H and O–H groups in total. The lowest BCUT2D eigenvalue weighted by atomic mass is 10.1. The van der Waals surface area contributed by atoms with Crippen LogP contribution in [-0.4, -0.2) is 49.1 Å². The number of pyridine rings is 1. The maximum Gasteiger partial charge on any atom is 0.257 e. The van der Waals surface area contributed by atoms with Crippen LogP contribution in [0.2, 0.25) is 0 Å². The third-order valence-corrected chi connectivity index (χ3v) is 3.33. The second kappa shape index (κ2) is 5.82. The topological polar surface area (TPSA) is 54.5 Å². The lowest BCUT2D eigenvalue weighted by molar-refractivity contribution is 0.0362. The number of hydrogen-bond acceptors (Lipinski definition) is 4. The number of carbonyl (C=O) groups is 1. The van der Waals surface area contributed by atoms with Gasteiger partial charge in [0, 0.05) is 39.5 Å². The van der Waals surface area contributed by atoms with Crippen molar-refractivity contribution >= 4 is 11.7 Å². The summed E-state index contributed by atoms with van der Waals surface area (Å²) in [6.07, 6.45) is 3.48. The van der Waals surface area contributed by atoms with Gasteiger partial charge in [-0.2, -0.15) is 0 Å². The molecule has 0 atom stereocenters. The molecular weight excluding hydrogens is 230 g/mol. The van der Waals surface area contributed by atoms with Gasteiger partial charge < -0.3 is 15.0 Å². The number of nitrogens with one attached hydrogen (secondary N) is 1. The lowest BCUT2D eigenvalue weighted by Gasteiger charge is -2.31. The second-order valence-electron chi connectivity index (χ2n) is 4.41. The average Bonchev–Trinajstić information content (AvgIpc) is 2.46. The Labute approximate surface area is 107 Å². The Morgan fingerprint density at radius 2 is 2.22 bits per heavy atom. The number of amides is 1. The van der Waals surface area contributed by atoms with Crippen LogP contribution in [0, 0.1) is 0 Å². The first-order valence-electron chi connectivity index (χ1n) is 6.21. The normalized spacial score (nSPS) is 16.3. The van der Waals surface area contributed by atoms with Crippen LogP contribution in [0.4, 0.5) is 5.82 Å². The van der Waals surface area contributed by atoms with E-state index < -0.39 is 0 Å². The van der Waals surface area contributed by atoms with Gasteiger partial charge >= 0.3 is 0 Å². The molecule has 0 unspecified atom stereocenters. The molecule has 2 heterocycles. The van der Waals surface area contributed by atoms with E-state index in [0.29, 0.717) is 11.4 Å². The van der Waals surface area contributed by atoms with Gasteiger partial charge in [0.1, 0.15) is 5.82 Å². The van der Waals surface area contributed by atoms with Gasteiger partial charge in [-0.1, -0.05) is 0 Å². The molecule has 0 saturated carbocycles. The van der Waals surface area contributed by atoms with Crippen molar-refractivity contribution in [1.82, 2.24) is 9.88 Å². The fraction of sp³-hybridized carbons (Fsp3) is 0.538. The number of hydrogen-bond donors (Lipinski definition) is 1. The summed E-state index contributed by atoms with van der Waals surface area (Å²) in [6, 6.07) is 3.85. The molecule has 0 bridgehead atoms. The summed E-state index contributed by atoms with van der Waals surface area (Å²) in [5.41, 5.74) is 0.619. The maximum absolute atomic E-state index is 12.4. The highest BCUT2D eigenvalue weighted by molar-refractivity contribution is 5.98. The summed E-state index contributed by atoms with van der Waals surface area (Å²) in [4.78, 5) is 18.4. The molecular formula is C13H19N3O2. The molecule has 0 aromatic carbocycles. The minimum absolute atomic E-state index is 0.0133. The number of rotatable bonds is 3. The van der Waals surface area contributed by atoms with Gasteiger partial charge in [0.15, 0.2) is 0 Å². The van der Waals surface area contributed by atoms with E-state index in [9.17, 15) is 4.79 Å². The molecule has 98 valence electrons. The quantitative estimate of drug-likeness (QED) is 0.879. The van der Waals surface area contributed by atoms with E-state index in [2.05, 4.69) is 10.3 Å². The number of nitrogens with zero attached hydrogens (tertiary/aromatic N) is 2. The number of anilines is 1. The molecule has 0 radical (unpaired) electrons. The van der Waals surface area contributed by atoms with E-state index in [4.69, 9.17) is 4.74 Å². The molecule has 1 aromatic rings. The first-order chi connectivity index (χ1) is 8.74. The fourth-order valence-electron chi connectivity index (χ4n) is 2.21. The van der Waals surface area contributed by atoms with Crippen molar-refractivity contribution in [2.24, 2.45) is 0 Å². The molecule has 1 fully saturated rings. The van der Waals surface area contributed by atoms with Crippen LogP contribution < -0.4 is 5.32 Å². The molecule has 0 aliphatic carbocycles. The van der Waals surface area contributed by atoms with Crippen molar-refractivity contribution in [3.05, 3.63) is 23.9 Å². The van der Waals surface area contributed by atoms with Gasteiger partial charge in [-0.3, -0.25) is 4.79 Å². The Morgan fingerprint density at radius 3 is 2.89 bits per heavy atom. The maximum atomic E-state index is 12.4. The van der Waals surface area contributed by atoms with Crippen molar-refractivity contribution < 1.29 is 9.53 Å². The minimum Gasteiger partial charge on any atom is -0.381 e. The van der Waals surface area contributed by atoms with Crippen LogP contribution in [0.15, 0.2) is 18.3 Å². The standard InChI is InChI=1S/C13H19N3O2/c1-14-12-11(4-3-7-15-12)13(17)16(2)10-5-8-18-9-6-10/h3-4,7,10H,5-6,8-9H2,1-2H3,(H,14,15). The zero-order chi connectivity index (χ0) is 13.0. The lowest BCUT2D eigenvalue weighted by Crippen LogP contribution is -2.40. The zero-order valence-corrected chi connectivity index (χ0v) is 10.8. The number of ether oxygens (including phenoxy) is 1. The van der Waals surface area contributed by atoms with E-state index in [1.807, 2.05) is 7.05 Å². The number of aromatic nitrogens is 1. The molecule has 1 amide bonds. The Kier molecular flexibility index (Phi) is 4.15. The second-order valence-corrected chi connectivity index (χ2v) is 4.41. The Bertz CT molecular complexity index is 416. The van der Waals surface area contributed by atoms with Crippen molar-refractivity contribution in [1.29, 1.82) is 0 Å². The third kappa shape index (κ3) is 2.61. The SMILES string of the molecule is CNc1ncccc1C(=O)N(C)C1CCOCC1. The van der Waals surface area contributed by atoms with Crippen molar-refractivity contribution in [3.63, 3.8) is 0 Å². The predicted octanol–water partition coefficient (Wildman–Crippen LogP) is 1.37. The van der Waals surface area contributed by atoms with Crippen LogP contribution in [0.1, 0.15) is 23.2 Å². The smallest absolute Gasteiger partial charge is 0.257 e. The van der Waals surface area contributed by atoms with Crippen molar-refractivity contribution in [2.75, 3.05) is 32.6 Å². The number of carbonyl (C=O) groups excluding carboxylic acids is 1. The van der Waals surface area contributed by atoms with E-state index in [-0.39, 0.29) is 11.9 Å². The van der Waals surface area contributed by atoms with E-state index in [1.165, 1.54) is 0 Å².